The van der Waals surface area contributed by atoms with Gasteiger partial charge in [0.25, 0.3) is 0 Å². The Morgan fingerprint density at radius 2 is 2.23 bits per heavy atom. The molecule has 0 saturated carbocycles. The molecular weight excluding hydrogens is 158 g/mol. The Hall–Kier alpha value is -1.29. The van der Waals surface area contributed by atoms with Crippen molar-refractivity contribution in [1.29, 1.82) is 0 Å². The van der Waals surface area contributed by atoms with Gasteiger partial charge in [-0.3, -0.25) is 4.98 Å². The molecule has 0 aliphatic rings. The Morgan fingerprint density at radius 3 is 2.85 bits per heavy atom. The monoisotopic (exact) mass is 173 g/mol. The molecule has 0 aliphatic heterocycles. The molecule has 1 aromatic heterocycles. The van der Waals surface area contributed by atoms with E-state index in [0.29, 0.717) is 0 Å². The molecule has 0 atom stereocenters. The number of rotatable bonds is 2. The molecule has 1 heteroatoms. The van der Waals surface area contributed by atoms with Crippen LogP contribution in [0, 0.1) is 18.8 Å². The number of nitrogens with zero attached hydrogens (tertiary/aromatic N) is 1. The topological polar surface area (TPSA) is 12.9 Å². The third-order valence-electron chi connectivity index (χ3n) is 1.80. The number of unbranched alkanes of at least 4 members (excludes halogenated alkanes) is 2. The van der Waals surface area contributed by atoms with Crippen LogP contribution in [-0.2, 0) is 0 Å². The first kappa shape index (κ1) is 9.80. The zero-order valence-corrected chi connectivity index (χ0v) is 8.30. The van der Waals surface area contributed by atoms with Gasteiger partial charge in [-0.05, 0) is 25.5 Å². The van der Waals surface area contributed by atoms with Crippen molar-refractivity contribution in [3.63, 3.8) is 0 Å². The number of hydrogen-bond donors (Lipinski definition) is 0. The molecule has 13 heavy (non-hydrogen) atoms. The lowest BCUT2D eigenvalue weighted by Gasteiger charge is -1.90. The minimum Gasteiger partial charge on any atom is -0.260 e. The molecule has 0 amide bonds. The van der Waals surface area contributed by atoms with E-state index in [9.17, 15) is 0 Å². The summed E-state index contributed by atoms with van der Waals surface area (Å²) in [5.74, 6) is 6.23. The van der Waals surface area contributed by atoms with Gasteiger partial charge in [0.15, 0.2) is 0 Å². The zero-order chi connectivity index (χ0) is 9.52. The molecule has 0 bridgehead atoms. The van der Waals surface area contributed by atoms with Gasteiger partial charge in [0.05, 0.1) is 0 Å². The van der Waals surface area contributed by atoms with E-state index in [-0.39, 0.29) is 0 Å². The van der Waals surface area contributed by atoms with Crippen LogP contribution in [-0.4, -0.2) is 4.98 Å². The first-order valence-corrected chi connectivity index (χ1v) is 4.74. The Bertz CT molecular complexity index is 300. The molecule has 0 aliphatic carbocycles. The van der Waals surface area contributed by atoms with Crippen molar-refractivity contribution in [3.8, 4) is 11.8 Å². The highest BCUT2D eigenvalue weighted by Gasteiger charge is 1.86. The highest BCUT2D eigenvalue weighted by Crippen LogP contribution is 1.97. The van der Waals surface area contributed by atoms with E-state index in [0.717, 1.165) is 17.7 Å². The Labute approximate surface area is 80.2 Å². The molecule has 0 fully saturated rings. The van der Waals surface area contributed by atoms with E-state index < -0.39 is 0 Å². The van der Waals surface area contributed by atoms with Gasteiger partial charge < -0.3 is 0 Å². The predicted octanol–water partition coefficient (Wildman–Crippen LogP) is 2.93. The molecule has 1 heterocycles. The minimum absolute atomic E-state index is 0.990. The zero-order valence-electron chi connectivity index (χ0n) is 8.30. The minimum atomic E-state index is 0.990. The van der Waals surface area contributed by atoms with Crippen molar-refractivity contribution in [2.75, 3.05) is 0 Å². The van der Waals surface area contributed by atoms with Gasteiger partial charge in [-0.2, -0.15) is 0 Å². The molecule has 68 valence electrons. The normalized spacial score (nSPS) is 9.08. The van der Waals surface area contributed by atoms with E-state index >= 15 is 0 Å². The fourth-order valence-electron chi connectivity index (χ4n) is 0.971. The van der Waals surface area contributed by atoms with Crippen LogP contribution in [0.1, 0.15) is 37.4 Å². The molecular formula is C12H15N. The summed E-state index contributed by atoms with van der Waals surface area (Å²) in [4.78, 5) is 4.18. The van der Waals surface area contributed by atoms with Crippen LogP contribution in [0.15, 0.2) is 18.3 Å². The average molecular weight is 173 g/mol. The van der Waals surface area contributed by atoms with Gasteiger partial charge >= 0.3 is 0 Å². The summed E-state index contributed by atoms with van der Waals surface area (Å²) in [5, 5.41) is 0. The van der Waals surface area contributed by atoms with Gasteiger partial charge in [0.1, 0.15) is 0 Å². The van der Waals surface area contributed by atoms with Gasteiger partial charge in [-0.25, -0.2) is 0 Å². The largest absolute Gasteiger partial charge is 0.260 e. The quantitative estimate of drug-likeness (QED) is 0.495. The maximum atomic E-state index is 4.18. The summed E-state index contributed by atoms with van der Waals surface area (Å²) in [7, 11) is 0. The Morgan fingerprint density at radius 1 is 1.38 bits per heavy atom. The van der Waals surface area contributed by atoms with Gasteiger partial charge in [0.2, 0.25) is 0 Å². The average Bonchev–Trinajstić information content (AvgIpc) is 2.15. The van der Waals surface area contributed by atoms with E-state index in [2.05, 4.69) is 23.7 Å². The first-order chi connectivity index (χ1) is 6.33. The fraction of sp³-hybridized carbons (Fsp3) is 0.417. The van der Waals surface area contributed by atoms with Gasteiger partial charge in [-0.1, -0.05) is 25.2 Å². The molecule has 0 spiro atoms. The second-order valence-electron chi connectivity index (χ2n) is 3.09. The second kappa shape index (κ2) is 5.37. The summed E-state index contributed by atoms with van der Waals surface area (Å²) >= 11 is 0. The van der Waals surface area contributed by atoms with Crippen LogP contribution in [0.5, 0.6) is 0 Å². The predicted molar refractivity (Wildman–Crippen MR) is 55.4 cm³/mol. The fourth-order valence-corrected chi connectivity index (χ4v) is 0.971. The number of hydrogen-bond acceptors (Lipinski definition) is 1. The highest BCUT2D eigenvalue weighted by atomic mass is 14.6. The lowest BCUT2D eigenvalue weighted by atomic mass is 10.2. The lowest BCUT2D eigenvalue weighted by Crippen LogP contribution is -1.81. The molecule has 0 aromatic carbocycles. The van der Waals surface area contributed by atoms with Crippen LogP contribution in [0.25, 0.3) is 0 Å². The number of aryl methyl sites for hydroxylation is 1. The van der Waals surface area contributed by atoms with Crippen molar-refractivity contribution in [1.82, 2.24) is 4.98 Å². The maximum Gasteiger partial charge on any atom is 0.0428 e. The molecule has 1 aromatic rings. The molecule has 0 N–H and O–H groups in total. The van der Waals surface area contributed by atoms with E-state index in [1.54, 1.807) is 0 Å². The van der Waals surface area contributed by atoms with Crippen molar-refractivity contribution in [3.05, 3.63) is 29.6 Å². The molecule has 0 saturated heterocycles. The molecule has 1 nitrogen and oxygen atoms in total. The summed E-state index contributed by atoms with van der Waals surface area (Å²) < 4.78 is 0. The van der Waals surface area contributed by atoms with Crippen molar-refractivity contribution >= 4 is 0 Å². The van der Waals surface area contributed by atoms with Crippen molar-refractivity contribution < 1.29 is 0 Å². The second-order valence-corrected chi connectivity index (χ2v) is 3.09. The smallest absolute Gasteiger partial charge is 0.0428 e. The standard InChI is InChI=1S/C12H15N/c1-3-4-5-6-7-12-9-8-11(2)13-10-12/h8-10H,3-5H2,1-2H3. The molecule has 1 rings (SSSR count). The van der Waals surface area contributed by atoms with Crippen molar-refractivity contribution in [2.24, 2.45) is 0 Å². The first-order valence-electron chi connectivity index (χ1n) is 4.74. The number of aromatic nitrogens is 1. The van der Waals surface area contributed by atoms with Crippen LogP contribution in [0.4, 0.5) is 0 Å². The number of pyridine rings is 1. The summed E-state index contributed by atoms with van der Waals surface area (Å²) in [6.45, 7) is 4.16. The third-order valence-corrected chi connectivity index (χ3v) is 1.80. The molecule has 0 radical (unpaired) electrons. The molecule has 0 unspecified atom stereocenters. The van der Waals surface area contributed by atoms with E-state index in [1.165, 1.54) is 12.8 Å². The SMILES string of the molecule is CCCCC#Cc1ccc(C)nc1. The van der Waals surface area contributed by atoms with Crippen LogP contribution >= 0.6 is 0 Å². The summed E-state index contributed by atoms with van der Waals surface area (Å²) in [5.41, 5.74) is 2.06. The van der Waals surface area contributed by atoms with Gasteiger partial charge in [0, 0.05) is 23.9 Å². The third kappa shape index (κ3) is 3.75. The van der Waals surface area contributed by atoms with E-state index in [4.69, 9.17) is 0 Å². The summed E-state index contributed by atoms with van der Waals surface area (Å²) in [6, 6.07) is 4.01. The highest BCUT2D eigenvalue weighted by molar-refractivity contribution is 5.32. The lowest BCUT2D eigenvalue weighted by molar-refractivity contribution is 0.828. The van der Waals surface area contributed by atoms with Gasteiger partial charge in [-0.15, -0.1) is 0 Å². The van der Waals surface area contributed by atoms with Crippen molar-refractivity contribution in [2.45, 2.75) is 33.1 Å². The van der Waals surface area contributed by atoms with Crippen LogP contribution < -0.4 is 0 Å². The maximum absolute atomic E-state index is 4.18. The van der Waals surface area contributed by atoms with Crippen LogP contribution in [0.2, 0.25) is 0 Å². The van der Waals surface area contributed by atoms with E-state index in [1.807, 2.05) is 25.3 Å². The Kier molecular flexibility index (Phi) is 4.05. The Balaban J connectivity index is 2.52. The van der Waals surface area contributed by atoms with Crippen LogP contribution in [0.3, 0.4) is 0 Å². The summed E-state index contributed by atoms with van der Waals surface area (Å²) in [6.07, 6.45) is 5.21.